The molecule has 9 nitrogen and oxygen atoms in total. The molecular formula is C31H38O9. The highest BCUT2D eigenvalue weighted by Gasteiger charge is 2.77. The van der Waals surface area contributed by atoms with Crippen LogP contribution in [0.25, 0.3) is 0 Å². The molecule has 9 heteroatoms. The highest BCUT2D eigenvalue weighted by atomic mass is 16.6. The first-order valence-corrected chi connectivity index (χ1v) is 13.9. The van der Waals surface area contributed by atoms with Gasteiger partial charge in [-0.15, -0.1) is 0 Å². The fraction of sp³-hybridized carbons (Fsp3) is 0.613. The summed E-state index contributed by atoms with van der Waals surface area (Å²) in [4.78, 5) is 51.1. The molecule has 0 amide bonds. The van der Waals surface area contributed by atoms with E-state index >= 15 is 0 Å². The molecule has 0 unspecified atom stereocenters. The molecule has 0 radical (unpaired) electrons. The van der Waals surface area contributed by atoms with E-state index in [-0.39, 0.29) is 25.4 Å². The molecule has 40 heavy (non-hydrogen) atoms. The zero-order chi connectivity index (χ0) is 29.1. The van der Waals surface area contributed by atoms with Crippen LogP contribution in [0, 0.1) is 16.7 Å². The van der Waals surface area contributed by atoms with Gasteiger partial charge in [-0.3, -0.25) is 14.4 Å². The van der Waals surface area contributed by atoms with Crippen LogP contribution in [0.2, 0.25) is 0 Å². The van der Waals surface area contributed by atoms with Crippen molar-refractivity contribution in [1.29, 1.82) is 0 Å². The van der Waals surface area contributed by atoms with Gasteiger partial charge >= 0.3 is 23.9 Å². The summed E-state index contributed by atoms with van der Waals surface area (Å²) in [6, 6.07) is 8.74. The second-order valence-corrected chi connectivity index (χ2v) is 12.3. The number of benzene rings is 1. The van der Waals surface area contributed by atoms with Gasteiger partial charge in [0.15, 0.2) is 12.2 Å². The minimum atomic E-state index is -1.32. The molecule has 1 saturated carbocycles. The predicted octanol–water partition coefficient (Wildman–Crippen LogP) is 4.32. The van der Waals surface area contributed by atoms with Gasteiger partial charge in [0.25, 0.3) is 0 Å². The minimum absolute atomic E-state index is 0.0250. The molecule has 3 fully saturated rings. The lowest BCUT2D eigenvalue weighted by Gasteiger charge is -2.70. The molecule has 8 atom stereocenters. The lowest BCUT2D eigenvalue weighted by Crippen LogP contribution is -2.80. The summed E-state index contributed by atoms with van der Waals surface area (Å²) < 4.78 is 30.8. The number of hydrogen-bond donors (Lipinski definition) is 0. The van der Waals surface area contributed by atoms with Gasteiger partial charge in [-0.1, -0.05) is 43.7 Å². The summed E-state index contributed by atoms with van der Waals surface area (Å²) in [5, 5.41) is 0. The smallest absolute Gasteiger partial charge is 0.338 e. The van der Waals surface area contributed by atoms with Crippen molar-refractivity contribution in [3.8, 4) is 0 Å². The van der Waals surface area contributed by atoms with E-state index in [9.17, 15) is 19.2 Å². The molecular weight excluding hydrogens is 516 g/mol. The topological polar surface area (TPSA) is 114 Å². The Kier molecular flexibility index (Phi) is 6.88. The van der Waals surface area contributed by atoms with Crippen molar-refractivity contribution in [2.24, 2.45) is 16.7 Å². The first-order chi connectivity index (χ1) is 18.8. The van der Waals surface area contributed by atoms with Crippen molar-refractivity contribution in [2.45, 2.75) is 96.7 Å². The molecule has 2 aliphatic carbocycles. The van der Waals surface area contributed by atoms with Crippen LogP contribution in [0.15, 0.2) is 42.0 Å². The lowest BCUT2D eigenvalue weighted by atomic mass is 9.41. The van der Waals surface area contributed by atoms with Crippen molar-refractivity contribution in [2.75, 3.05) is 6.61 Å². The summed E-state index contributed by atoms with van der Waals surface area (Å²) in [7, 11) is 0. The van der Waals surface area contributed by atoms with E-state index in [4.69, 9.17) is 23.7 Å². The maximum atomic E-state index is 13.5. The predicted molar refractivity (Wildman–Crippen MR) is 142 cm³/mol. The molecule has 1 spiro atoms. The molecule has 2 aliphatic heterocycles. The van der Waals surface area contributed by atoms with Crippen molar-refractivity contribution in [3.05, 3.63) is 47.5 Å². The molecule has 0 N–H and O–H groups in total. The summed E-state index contributed by atoms with van der Waals surface area (Å²) >= 11 is 0. The number of carbonyl (C=O) groups is 4. The van der Waals surface area contributed by atoms with E-state index in [1.807, 2.05) is 33.8 Å². The first-order valence-electron chi connectivity index (χ1n) is 13.9. The van der Waals surface area contributed by atoms with Gasteiger partial charge in [-0.25, -0.2) is 4.79 Å². The highest BCUT2D eigenvalue weighted by Crippen LogP contribution is 2.69. The van der Waals surface area contributed by atoms with Crippen molar-refractivity contribution < 1.29 is 42.9 Å². The van der Waals surface area contributed by atoms with Crippen LogP contribution >= 0.6 is 0 Å². The zero-order valence-corrected chi connectivity index (χ0v) is 24.0. The number of allylic oxidation sites excluding steroid dienone is 1. The summed E-state index contributed by atoms with van der Waals surface area (Å²) in [5.41, 5.74) is -2.71. The standard InChI is InChI=1S/C31H38O9/c1-18-11-10-14-22-28(18,4)25(37-19(2)32)26(38-20(3)33)30(6)29(22,5)23(15-31(40-30)16-24(34)36-17-31)39-27(35)21-12-8-7-9-13-21/h7-9,11-13,22-23,25-26H,10,14-17H2,1-6H3/t22-,23-,25-,26-,28-,29-,30-,31+/m0/s1. The Bertz CT molecular complexity index is 1260. The van der Waals surface area contributed by atoms with E-state index in [1.54, 1.807) is 24.3 Å². The molecule has 2 heterocycles. The van der Waals surface area contributed by atoms with Crippen LogP contribution in [0.3, 0.4) is 0 Å². The van der Waals surface area contributed by atoms with E-state index in [0.717, 1.165) is 12.0 Å². The molecule has 1 aromatic carbocycles. The fourth-order valence-electron chi connectivity index (χ4n) is 8.04. The van der Waals surface area contributed by atoms with Crippen LogP contribution in [-0.2, 0) is 38.1 Å². The van der Waals surface area contributed by atoms with Gasteiger partial charge < -0.3 is 23.7 Å². The molecule has 216 valence electrons. The SMILES string of the molecule is CC(=O)O[C@H]1[C@H](OC(C)=O)[C@]2(C)O[C@]3(COC(=O)C3)C[C@H](OC(=O)c3ccccc3)[C@]2(C)[C@H]2CCC=C(C)[C@]12C. The van der Waals surface area contributed by atoms with Crippen LogP contribution in [0.5, 0.6) is 0 Å². The normalized spacial score (nSPS) is 40.2. The monoisotopic (exact) mass is 554 g/mol. The second kappa shape index (κ2) is 9.72. The Labute approximate surface area is 234 Å². The first kappa shape index (κ1) is 28.3. The van der Waals surface area contributed by atoms with Crippen molar-refractivity contribution in [3.63, 3.8) is 0 Å². The van der Waals surface area contributed by atoms with E-state index in [0.29, 0.717) is 12.0 Å². The van der Waals surface area contributed by atoms with Crippen molar-refractivity contribution >= 4 is 23.9 Å². The number of ether oxygens (including phenoxy) is 5. The lowest BCUT2D eigenvalue weighted by molar-refractivity contribution is -0.363. The van der Waals surface area contributed by atoms with Gasteiger partial charge in [0.1, 0.15) is 23.9 Å². The van der Waals surface area contributed by atoms with Gasteiger partial charge in [0, 0.05) is 31.1 Å². The minimum Gasteiger partial charge on any atom is -0.462 e. The quantitative estimate of drug-likeness (QED) is 0.305. The largest absolute Gasteiger partial charge is 0.462 e. The second-order valence-electron chi connectivity index (χ2n) is 12.3. The average molecular weight is 555 g/mol. The Morgan fingerprint density at radius 2 is 1.60 bits per heavy atom. The third-order valence-electron chi connectivity index (χ3n) is 10.1. The van der Waals surface area contributed by atoms with Crippen LogP contribution in [0.4, 0.5) is 0 Å². The fourth-order valence-corrected chi connectivity index (χ4v) is 8.04. The summed E-state index contributed by atoms with van der Waals surface area (Å²) in [5.74, 6) is -2.19. The van der Waals surface area contributed by atoms with E-state index in [2.05, 4.69) is 6.08 Å². The third kappa shape index (κ3) is 4.16. The number of fused-ring (bicyclic) bond motifs is 3. The maximum Gasteiger partial charge on any atom is 0.338 e. The number of cyclic esters (lactones) is 1. The van der Waals surface area contributed by atoms with Crippen LogP contribution in [-0.4, -0.2) is 60.0 Å². The average Bonchev–Trinajstić information content (AvgIpc) is 3.24. The number of carbonyl (C=O) groups excluding carboxylic acids is 4. The number of hydrogen-bond acceptors (Lipinski definition) is 9. The van der Waals surface area contributed by atoms with Gasteiger partial charge in [0.2, 0.25) is 0 Å². The van der Waals surface area contributed by atoms with Gasteiger partial charge in [-0.2, -0.15) is 0 Å². The zero-order valence-electron chi connectivity index (χ0n) is 24.0. The van der Waals surface area contributed by atoms with Crippen LogP contribution in [0.1, 0.15) is 77.6 Å². The number of rotatable bonds is 4. The van der Waals surface area contributed by atoms with E-state index in [1.165, 1.54) is 13.8 Å². The van der Waals surface area contributed by atoms with Crippen LogP contribution < -0.4 is 0 Å². The van der Waals surface area contributed by atoms with E-state index < -0.39 is 64.2 Å². The Morgan fingerprint density at radius 1 is 0.950 bits per heavy atom. The molecule has 5 rings (SSSR count). The highest BCUT2D eigenvalue weighted by molar-refractivity contribution is 5.89. The molecule has 2 saturated heterocycles. The maximum absolute atomic E-state index is 13.5. The Balaban J connectivity index is 1.72. The summed E-state index contributed by atoms with van der Waals surface area (Å²) in [6.07, 6.45) is 1.11. The van der Waals surface area contributed by atoms with Crippen molar-refractivity contribution in [1.82, 2.24) is 0 Å². The Hall–Kier alpha value is -3.20. The third-order valence-corrected chi connectivity index (χ3v) is 10.1. The number of esters is 4. The van der Waals surface area contributed by atoms with Gasteiger partial charge in [-0.05, 0) is 44.7 Å². The molecule has 1 aromatic rings. The molecule has 4 aliphatic rings. The molecule has 0 aromatic heterocycles. The Morgan fingerprint density at radius 3 is 2.20 bits per heavy atom. The summed E-state index contributed by atoms with van der Waals surface area (Å²) in [6.45, 7) is 10.5. The van der Waals surface area contributed by atoms with Gasteiger partial charge in [0.05, 0.1) is 12.0 Å². The molecule has 0 bridgehead atoms.